The molecule has 8 heteroatoms. The van der Waals surface area contributed by atoms with Crippen LogP contribution >= 0.6 is 23.2 Å². The second kappa shape index (κ2) is 5.01. The van der Waals surface area contributed by atoms with Crippen molar-refractivity contribution in [2.45, 2.75) is 18.9 Å². The highest BCUT2D eigenvalue weighted by atomic mass is 35.5. The molecule has 1 aromatic rings. The van der Waals surface area contributed by atoms with Crippen molar-refractivity contribution in [3.8, 4) is 0 Å². The fraction of sp³-hybridized carbons (Fsp3) is 0.556. The molecule has 0 spiro atoms. The van der Waals surface area contributed by atoms with Gasteiger partial charge in [0.25, 0.3) is 0 Å². The first-order chi connectivity index (χ1) is 8.06. The summed E-state index contributed by atoms with van der Waals surface area (Å²) in [6.07, 6.45) is 2.11. The first-order valence-corrected chi connectivity index (χ1v) is 5.88. The molecular weight excluding hydrogens is 265 g/mol. The standard InChI is InChI=1S/C9H11Cl2N5O/c1-16(4-6(17)12-5-2-3-5)8-7(10)14-15-9(11)13-8/h5H,2-4H2,1H3,(H,12,17). The van der Waals surface area contributed by atoms with Crippen LogP contribution in [0.5, 0.6) is 0 Å². The zero-order chi connectivity index (χ0) is 12.4. The Morgan fingerprint density at radius 1 is 1.47 bits per heavy atom. The third kappa shape index (κ3) is 3.41. The van der Waals surface area contributed by atoms with Crippen LogP contribution in [-0.4, -0.2) is 40.7 Å². The Morgan fingerprint density at radius 2 is 2.18 bits per heavy atom. The van der Waals surface area contributed by atoms with Gasteiger partial charge in [0, 0.05) is 13.1 Å². The molecule has 92 valence electrons. The lowest BCUT2D eigenvalue weighted by Gasteiger charge is -2.17. The van der Waals surface area contributed by atoms with E-state index in [0.717, 1.165) is 12.8 Å². The van der Waals surface area contributed by atoms with E-state index < -0.39 is 0 Å². The van der Waals surface area contributed by atoms with Crippen molar-refractivity contribution >= 4 is 34.9 Å². The van der Waals surface area contributed by atoms with E-state index >= 15 is 0 Å². The number of halogens is 2. The van der Waals surface area contributed by atoms with Gasteiger partial charge in [-0.2, -0.15) is 4.98 Å². The Labute approximate surface area is 108 Å². The fourth-order valence-electron chi connectivity index (χ4n) is 1.32. The van der Waals surface area contributed by atoms with Crippen LogP contribution in [0.2, 0.25) is 10.4 Å². The van der Waals surface area contributed by atoms with Crippen molar-refractivity contribution < 1.29 is 4.79 Å². The van der Waals surface area contributed by atoms with E-state index in [1.54, 1.807) is 11.9 Å². The van der Waals surface area contributed by atoms with Crippen LogP contribution in [0.1, 0.15) is 12.8 Å². The van der Waals surface area contributed by atoms with Gasteiger partial charge in [0.2, 0.25) is 11.2 Å². The van der Waals surface area contributed by atoms with Gasteiger partial charge in [0.15, 0.2) is 11.0 Å². The smallest absolute Gasteiger partial charge is 0.245 e. The lowest BCUT2D eigenvalue weighted by atomic mass is 10.5. The van der Waals surface area contributed by atoms with Gasteiger partial charge in [0.1, 0.15) is 0 Å². The molecule has 0 aliphatic heterocycles. The number of hydrogen-bond donors (Lipinski definition) is 1. The molecular formula is C9H11Cl2N5O. The van der Waals surface area contributed by atoms with E-state index in [0.29, 0.717) is 11.9 Å². The summed E-state index contributed by atoms with van der Waals surface area (Å²) in [5, 5.41) is 10.1. The second-order valence-electron chi connectivity index (χ2n) is 3.89. The molecule has 0 unspecified atom stereocenters. The van der Waals surface area contributed by atoms with Crippen LogP contribution in [0.25, 0.3) is 0 Å². The van der Waals surface area contributed by atoms with Crippen molar-refractivity contribution in [1.82, 2.24) is 20.5 Å². The number of nitrogens with zero attached hydrogens (tertiary/aromatic N) is 4. The molecule has 1 fully saturated rings. The highest BCUT2D eigenvalue weighted by Gasteiger charge is 2.24. The number of likely N-dealkylation sites (N-methyl/N-ethyl adjacent to an activating group) is 1. The van der Waals surface area contributed by atoms with Gasteiger partial charge in [-0.3, -0.25) is 4.79 Å². The molecule has 1 heterocycles. The maximum absolute atomic E-state index is 11.6. The molecule has 0 radical (unpaired) electrons. The minimum absolute atomic E-state index is 0.00106. The van der Waals surface area contributed by atoms with Gasteiger partial charge in [-0.15, -0.1) is 10.2 Å². The quantitative estimate of drug-likeness (QED) is 0.884. The molecule has 1 saturated carbocycles. The topological polar surface area (TPSA) is 71.0 Å². The van der Waals surface area contributed by atoms with Gasteiger partial charge < -0.3 is 10.2 Å². The van der Waals surface area contributed by atoms with Gasteiger partial charge in [-0.05, 0) is 24.4 Å². The Hall–Kier alpha value is -1.14. The van der Waals surface area contributed by atoms with Crippen molar-refractivity contribution in [1.29, 1.82) is 0 Å². The fourth-order valence-corrected chi connectivity index (χ4v) is 1.66. The second-order valence-corrected chi connectivity index (χ2v) is 4.59. The van der Waals surface area contributed by atoms with Crippen molar-refractivity contribution in [3.05, 3.63) is 10.4 Å². The molecule has 0 aromatic carbocycles. The Balaban J connectivity index is 1.99. The van der Waals surface area contributed by atoms with Crippen LogP contribution in [0.4, 0.5) is 5.82 Å². The van der Waals surface area contributed by atoms with Gasteiger partial charge in [-0.25, -0.2) is 0 Å². The van der Waals surface area contributed by atoms with Crippen molar-refractivity contribution in [3.63, 3.8) is 0 Å². The summed E-state index contributed by atoms with van der Waals surface area (Å²) in [4.78, 5) is 17.1. The first-order valence-electron chi connectivity index (χ1n) is 5.12. The van der Waals surface area contributed by atoms with E-state index in [4.69, 9.17) is 23.2 Å². The van der Waals surface area contributed by atoms with Crippen LogP contribution in [-0.2, 0) is 4.79 Å². The number of anilines is 1. The highest BCUT2D eigenvalue weighted by molar-refractivity contribution is 6.32. The zero-order valence-electron chi connectivity index (χ0n) is 9.15. The Bertz CT molecular complexity index is 437. The maximum Gasteiger partial charge on any atom is 0.245 e. The molecule has 1 aliphatic carbocycles. The van der Waals surface area contributed by atoms with E-state index in [-0.39, 0.29) is 22.9 Å². The molecule has 1 N–H and O–H groups in total. The van der Waals surface area contributed by atoms with Crippen molar-refractivity contribution in [2.75, 3.05) is 18.5 Å². The average molecular weight is 276 g/mol. The number of amides is 1. The third-order valence-corrected chi connectivity index (χ3v) is 2.69. The molecule has 17 heavy (non-hydrogen) atoms. The maximum atomic E-state index is 11.6. The summed E-state index contributed by atoms with van der Waals surface area (Å²) < 4.78 is 0. The number of nitrogens with one attached hydrogen (secondary N) is 1. The molecule has 1 amide bonds. The lowest BCUT2D eigenvalue weighted by molar-refractivity contribution is -0.119. The molecule has 0 bridgehead atoms. The number of rotatable bonds is 4. The molecule has 0 atom stereocenters. The van der Waals surface area contributed by atoms with Crippen molar-refractivity contribution in [2.24, 2.45) is 0 Å². The summed E-state index contributed by atoms with van der Waals surface area (Å²) >= 11 is 11.4. The predicted octanol–water partition coefficient (Wildman–Crippen LogP) is 0.893. The number of carbonyl (C=O) groups excluding carboxylic acids is 1. The highest BCUT2D eigenvalue weighted by Crippen LogP contribution is 2.21. The summed E-state index contributed by atoms with van der Waals surface area (Å²) in [6.45, 7) is 0.158. The van der Waals surface area contributed by atoms with Gasteiger partial charge in [-0.1, -0.05) is 11.6 Å². The van der Waals surface area contributed by atoms with E-state index in [2.05, 4.69) is 20.5 Å². The summed E-state index contributed by atoms with van der Waals surface area (Å²) in [6, 6.07) is 0.332. The Kier molecular flexibility index (Phi) is 3.63. The number of hydrogen-bond acceptors (Lipinski definition) is 5. The SMILES string of the molecule is CN(CC(=O)NC1CC1)c1nc(Cl)nnc1Cl. The van der Waals surface area contributed by atoms with Crippen LogP contribution in [0.15, 0.2) is 0 Å². The van der Waals surface area contributed by atoms with Gasteiger partial charge >= 0.3 is 0 Å². The van der Waals surface area contributed by atoms with Gasteiger partial charge in [0.05, 0.1) is 6.54 Å². The normalized spacial score (nSPS) is 14.5. The summed E-state index contributed by atoms with van der Waals surface area (Å²) in [7, 11) is 1.69. The van der Waals surface area contributed by atoms with Crippen LogP contribution in [0.3, 0.4) is 0 Å². The van der Waals surface area contributed by atoms with E-state index in [1.807, 2.05) is 0 Å². The van der Waals surface area contributed by atoms with Crippen LogP contribution < -0.4 is 10.2 Å². The van der Waals surface area contributed by atoms with Crippen LogP contribution in [0, 0.1) is 0 Å². The van der Waals surface area contributed by atoms with E-state index in [1.165, 1.54) is 0 Å². The molecule has 0 saturated heterocycles. The zero-order valence-corrected chi connectivity index (χ0v) is 10.7. The molecule has 6 nitrogen and oxygen atoms in total. The number of aromatic nitrogens is 3. The molecule has 2 rings (SSSR count). The summed E-state index contributed by atoms with van der Waals surface area (Å²) in [5.41, 5.74) is 0. The lowest BCUT2D eigenvalue weighted by Crippen LogP contribution is -2.36. The average Bonchev–Trinajstić information content (AvgIpc) is 3.05. The largest absolute Gasteiger partial charge is 0.352 e. The molecule has 1 aliphatic rings. The monoisotopic (exact) mass is 275 g/mol. The predicted molar refractivity (Wildman–Crippen MR) is 64.3 cm³/mol. The minimum Gasteiger partial charge on any atom is -0.352 e. The minimum atomic E-state index is -0.0687. The summed E-state index contributed by atoms with van der Waals surface area (Å²) in [5.74, 6) is 0.276. The molecule has 1 aromatic heterocycles. The first kappa shape index (κ1) is 12.3. The third-order valence-electron chi connectivity index (χ3n) is 2.29. The number of carbonyl (C=O) groups is 1. The Morgan fingerprint density at radius 3 is 2.82 bits per heavy atom. The van der Waals surface area contributed by atoms with E-state index in [9.17, 15) is 4.79 Å².